The lowest BCUT2D eigenvalue weighted by Gasteiger charge is -2.10. The highest BCUT2D eigenvalue weighted by Crippen LogP contribution is 2.24. The second-order valence-corrected chi connectivity index (χ2v) is 5.37. The molecular formula is C10H11BrN4OS. The second kappa shape index (κ2) is 5.61. The summed E-state index contributed by atoms with van der Waals surface area (Å²) in [4.78, 5) is 0. The topological polar surface area (TPSA) is 63.8 Å². The molecule has 17 heavy (non-hydrogen) atoms. The Bertz CT molecular complexity index is 505. The molecule has 0 fully saturated rings. The number of halogens is 1. The molecule has 0 aliphatic carbocycles. The maximum atomic E-state index is 10.0. The van der Waals surface area contributed by atoms with E-state index in [0.29, 0.717) is 10.9 Å². The zero-order valence-corrected chi connectivity index (χ0v) is 11.5. The number of aryl methyl sites for hydroxylation is 1. The van der Waals surface area contributed by atoms with E-state index in [0.717, 1.165) is 10.0 Å². The summed E-state index contributed by atoms with van der Waals surface area (Å²) in [6.07, 6.45) is -0.533. The largest absolute Gasteiger partial charge is 0.388 e. The van der Waals surface area contributed by atoms with Crippen molar-refractivity contribution >= 4 is 27.7 Å². The third-order valence-electron chi connectivity index (χ3n) is 2.19. The molecule has 1 aromatic carbocycles. The molecule has 1 aromatic heterocycles. The predicted molar refractivity (Wildman–Crippen MR) is 68.6 cm³/mol. The standard InChI is InChI=1S/C10H11BrN4OS/c1-15-10(12-13-14-15)17-6-9(16)7-3-2-4-8(11)5-7/h2-5,9,16H,6H2,1H3. The van der Waals surface area contributed by atoms with Crippen molar-refractivity contribution in [2.75, 3.05) is 5.75 Å². The number of benzene rings is 1. The Labute approximate surface area is 111 Å². The molecule has 1 atom stereocenters. The van der Waals surface area contributed by atoms with Crippen LogP contribution in [-0.4, -0.2) is 31.1 Å². The van der Waals surface area contributed by atoms with Crippen LogP contribution in [0.4, 0.5) is 0 Å². The molecule has 0 aliphatic rings. The number of thioether (sulfide) groups is 1. The number of aliphatic hydroxyl groups is 1. The van der Waals surface area contributed by atoms with Gasteiger partial charge in [0.2, 0.25) is 5.16 Å². The van der Waals surface area contributed by atoms with Crippen molar-refractivity contribution in [2.24, 2.45) is 7.05 Å². The first-order valence-corrected chi connectivity index (χ1v) is 6.73. The van der Waals surface area contributed by atoms with Crippen molar-refractivity contribution in [2.45, 2.75) is 11.3 Å². The Morgan fingerprint density at radius 2 is 2.35 bits per heavy atom. The van der Waals surface area contributed by atoms with Gasteiger partial charge in [-0.2, -0.15) is 0 Å². The van der Waals surface area contributed by atoms with E-state index in [1.54, 1.807) is 11.7 Å². The van der Waals surface area contributed by atoms with Gasteiger partial charge in [-0.05, 0) is 28.1 Å². The monoisotopic (exact) mass is 314 g/mol. The fraction of sp³-hybridized carbons (Fsp3) is 0.300. The third-order valence-corrected chi connectivity index (χ3v) is 3.76. The van der Waals surface area contributed by atoms with Crippen LogP contribution in [0.5, 0.6) is 0 Å². The summed E-state index contributed by atoms with van der Waals surface area (Å²) in [5.41, 5.74) is 0.877. The van der Waals surface area contributed by atoms with Gasteiger partial charge in [0.05, 0.1) is 6.10 Å². The highest BCUT2D eigenvalue weighted by Gasteiger charge is 2.11. The molecule has 0 aliphatic heterocycles. The minimum Gasteiger partial charge on any atom is -0.388 e. The molecule has 5 nitrogen and oxygen atoms in total. The number of aromatic nitrogens is 4. The molecule has 0 saturated heterocycles. The molecule has 1 N–H and O–H groups in total. The van der Waals surface area contributed by atoms with Gasteiger partial charge >= 0.3 is 0 Å². The summed E-state index contributed by atoms with van der Waals surface area (Å²) in [6, 6.07) is 7.62. The van der Waals surface area contributed by atoms with Crippen molar-refractivity contribution in [1.29, 1.82) is 0 Å². The average molecular weight is 315 g/mol. The van der Waals surface area contributed by atoms with Crippen LogP contribution in [0.15, 0.2) is 33.9 Å². The van der Waals surface area contributed by atoms with Gasteiger partial charge in [-0.15, -0.1) is 5.10 Å². The Kier molecular flexibility index (Phi) is 4.14. The van der Waals surface area contributed by atoms with Crippen LogP contribution in [0.2, 0.25) is 0 Å². The number of nitrogens with zero attached hydrogens (tertiary/aromatic N) is 4. The summed E-state index contributed by atoms with van der Waals surface area (Å²) in [6.45, 7) is 0. The SMILES string of the molecule is Cn1nnnc1SCC(O)c1cccc(Br)c1. The molecule has 7 heteroatoms. The van der Waals surface area contributed by atoms with E-state index < -0.39 is 6.10 Å². The molecule has 2 rings (SSSR count). The van der Waals surface area contributed by atoms with Crippen molar-refractivity contribution in [1.82, 2.24) is 20.2 Å². The van der Waals surface area contributed by atoms with Crippen molar-refractivity contribution < 1.29 is 5.11 Å². The first-order valence-electron chi connectivity index (χ1n) is 4.95. The zero-order chi connectivity index (χ0) is 12.3. The second-order valence-electron chi connectivity index (χ2n) is 3.47. The number of rotatable bonds is 4. The van der Waals surface area contributed by atoms with E-state index in [-0.39, 0.29) is 0 Å². The van der Waals surface area contributed by atoms with Gasteiger partial charge in [0.15, 0.2) is 0 Å². The van der Waals surface area contributed by atoms with Gasteiger partial charge in [-0.25, -0.2) is 4.68 Å². The molecule has 90 valence electrons. The van der Waals surface area contributed by atoms with E-state index in [1.807, 2.05) is 24.3 Å². The highest BCUT2D eigenvalue weighted by molar-refractivity contribution is 9.10. The maximum Gasteiger partial charge on any atom is 0.209 e. The van der Waals surface area contributed by atoms with Gasteiger partial charge in [-0.1, -0.05) is 39.8 Å². The number of hydrogen-bond acceptors (Lipinski definition) is 5. The molecule has 0 bridgehead atoms. The summed E-state index contributed by atoms with van der Waals surface area (Å²) in [5, 5.41) is 21.8. The van der Waals surface area contributed by atoms with Crippen LogP contribution in [0.3, 0.4) is 0 Å². The van der Waals surface area contributed by atoms with Crippen LogP contribution in [0.25, 0.3) is 0 Å². The van der Waals surface area contributed by atoms with Gasteiger partial charge in [0.25, 0.3) is 0 Å². The van der Waals surface area contributed by atoms with Crippen molar-refractivity contribution in [3.05, 3.63) is 34.3 Å². The lowest BCUT2D eigenvalue weighted by atomic mass is 10.1. The highest BCUT2D eigenvalue weighted by atomic mass is 79.9. The minimum atomic E-state index is -0.533. The lowest BCUT2D eigenvalue weighted by molar-refractivity contribution is 0.204. The molecule has 0 spiro atoms. The molecule has 0 amide bonds. The lowest BCUT2D eigenvalue weighted by Crippen LogP contribution is -2.02. The summed E-state index contributed by atoms with van der Waals surface area (Å²) < 4.78 is 2.54. The summed E-state index contributed by atoms with van der Waals surface area (Å²) in [7, 11) is 1.77. The minimum absolute atomic E-state index is 0.519. The number of aliphatic hydroxyl groups excluding tert-OH is 1. The predicted octanol–water partition coefficient (Wildman–Crippen LogP) is 1.80. The van der Waals surface area contributed by atoms with Gasteiger partial charge in [0.1, 0.15) is 0 Å². The Balaban J connectivity index is 1.98. The molecular weight excluding hydrogens is 304 g/mol. The first-order chi connectivity index (χ1) is 8.16. The van der Waals surface area contributed by atoms with Crippen molar-refractivity contribution in [3.63, 3.8) is 0 Å². The van der Waals surface area contributed by atoms with Crippen LogP contribution in [-0.2, 0) is 7.05 Å². The van der Waals surface area contributed by atoms with Crippen LogP contribution in [0.1, 0.15) is 11.7 Å². The maximum absolute atomic E-state index is 10.0. The Morgan fingerprint density at radius 3 is 3.00 bits per heavy atom. The Hall–Kier alpha value is -0.920. The van der Waals surface area contributed by atoms with E-state index >= 15 is 0 Å². The average Bonchev–Trinajstić information content (AvgIpc) is 2.72. The number of hydrogen-bond donors (Lipinski definition) is 1. The molecule has 0 radical (unpaired) electrons. The fourth-order valence-corrected chi connectivity index (χ4v) is 2.54. The summed E-state index contributed by atoms with van der Waals surface area (Å²) >= 11 is 4.80. The molecule has 1 unspecified atom stereocenters. The third kappa shape index (κ3) is 3.27. The Morgan fingerprint density at radius 1 is 1.53 bits per heavy atom. The van der Waals surface area contributed by atoms with E-state index in [2.05, 4.69) is 31.5 Å². The fourth-order valence-electron chi connectivity index (χ4n) is 1.31. The normalized spacial score (nSPS) is 12.6. The van der Waals surface area contributed by atoms with E-state index in [1.165, 1.54) is 11.8 Å². The molecule has 0 saturated carbocycles. The quantitative estimate of drug-likeness (QED) is 0.872. The van der Waals surface area contributed by atoms with E-state index in [9.17, 15) is 5.11 Å². The number of tetrazole rings is 1. The van der Waals surface area contributed by atoms with E-state index in [4.69, 9.17) is 0 Å². The smallest absolute Gasteiger partial charge is 0.209 e. The van der Waals surface area contributed by atoms with Gasteiger partial charge in [-0.3, -0.25) is 0 Å². The van der Waals surface area contributed by atoms with Gasteiger partial charge in [0, 0.05) is 17.3 Å². The van der Waals surface area contributed by atoms with Crippen molar-refractivity contribution in [3.8, 4) is 0 Å². The van der Waals surface area contributed by atoms with Crippen LogP contribution in [0, 0.1) is 0 Å². The van der Waals surface area contributed by atoms with Gasteiger partial charge < -0.3 is 5.11 Å². The van der Waals surface area contributed by atoms with Crippen LogP contribution >= 0.6 is 27.7 Å². The summed E-state index contributed by atoms with van der Waals surface area (Å²) in [5.74, 6) is 0.519. The van der Waals surface area contributed by atoms with Crippen LogP contribution < -0.4 is 0 Å². The molecule has 2 aromatic rings. The molecule has 1 heterocycles. The first kappa shape index (κ1) is 12.5. The zero-order valence-electron chi connectivity index (χ0n) is 9.12.